The van der Waals surface area contributed by atoms with Crippen LogP contribution in [-0.2, 0) is 6.54 Å². The second-order valence-electron chi connectivity index (χ2n) is 3.10. The van der Waals surface area contributed by atoms with Crippen LogP contribution >= 0.6 is 0 Å². The largest absolute Gasteiger partial charge is 0.339 e. The standard InChI is InChI=1S/C9H10N2/c10-6-9-2-1-5-11(9)7-8-3-4-8/h1-2,5,8H,3-4,7H2. The fourth-order valence-corrected chi connectivity index (χ4v) is 1.25. The summed E-state index contributed by atoms with van der Waals surface area (Å²) in [7, 11) is 0. The maximum absolute atomic E-state index is 8.67. The Morgan fingerprint density at radius 2 is 2.45 bits per heavy atom. The van der Waals surface area contributed by atoms with Gasteiger partial charge in [-0.05, 0) is 30.9 Å². The smallest absolute Gasteiger partial charge is 0.120 e. The van der Waals surface area contributed by atoms with Crippen LogP contribution in [0.4, 0.5) is 0 Å². The molecule has 1 fully saturated rings. The Morgan fingerprint density at radius 1 is 1.64 bits per heavy atom. The number of hydrogen-bond donors (Lipinski definition) is 0. The van der Waals surface area contributed by atoms with E-state index in [9.17, 15) is 0 Å². The van der Waals surface area contributed by atoms with Crippen molar-refractivity contribution in [1.29, 1.82) is 5.26 Å². The van der Waals surface area contributed by atoms with Crippen molar-refractivity contribution in [3.63, 3.8) is 0 Å². The van der Waals surface area contributed by atoms with Crippen LogP contribution < -0.4 is 0 Å². The van der Waals surface area contributed by atoms with E-state index in [1.54, 1.807) is 0 Å². The zero-order valence-corrected chi connectivity index (χ0v) is 6.33. The van der Waals surface area contributed by atoms with E-state index in [1.807, 2.05) is 22.9 Å². The molecule has 0 amide bonds. The topological polar surface area (TPSA) is 28.7 Å². The second kappa shape index (κ2) is 2.43. The number of nitrogens with zero attached hydrogens (tertiary/aromatic N) is 2. The molecule has 0 aliphatic heterocycles. The predicted molar refractivity (Wildman–Crippen MR) is 41.9 cm³/mol. The lowest BCUT2D eigenvalue weighted by molar-refractivity contribution is 0.624. The molecule has 0 bridgehead atoms. The van der Waals surface area contributed by atoms with Gasteiger partial charge in [-0.3, -0.25) is 0 Å². The van der Waals surface area contributed by atoms with Crippen LogP contribution in [0.3, 0.4) is 0 Å². The van der Waals surface area contributed by atoms with Gasteiger partial charge in [0.2, 0.25) is 0 Å². The first-order valence-electron chi connectivity index (χ1n) is 3.95. The van der Waals surface area contributed by atoms with Gasteiger partial charge in [-0.1, -0.05) is 0 Å². The third-order valence-corrected chi connectivity index (χ3v) is 2.10. The maximum atomic E-state index is 8.67. The summed E-state index contributed by atoms with van der Waals surface area (Å²) < 4.78 is 2.04. The average Bonchev–Trinajstić information content (AvgIpc) is 2.68. The van der Waals surface area contributed by atoms with E-state index in [2.05, 4.69) is 6.07 Å². The molecule has 1 aromatic rings. The Kier molecular flexibility index (Phi) is 1.43. The summed E-state index contributed by atoms with van der Waals surface area (Å²) >= 11 is 0. The minimum absolute atomic E-state index is 0.789. The fraction of sp³-hybridized carbons (Fsp3) is 0.444. The zero-order chi connectivity index (χ0) is 7.68. The van der Waals surface area contributed by atoms with Gasteiger partial charge in [-0.25, -0.2) is 0 Å². The van der Waals surface area contributed by atoms with E-state index in [4.69, 9.17) is 5.26 Å². The van der Waals surface area contributed by atoms with E-state index in [1.165, 1.54) is 12.8 Å². The molecule has 1 saturated carbocycles. The van der Waals surface area contributed by atoms with E-state index in [0.29, 0.717) is 0 Å². The predicted octanol–water partition coefficient (Wildman–Crippen LogP) is 1.77. The fourth-order valence-electron chi connectivity index (χ4n) is 1.25. The Balaban J connectivity index is 2.15. The Hall–Kier alpha value is -1.23. The number of hydrogen-bond acceptors (Lipinski definition) is 1. The minimum atomic E-state index is 0.789. The van der Waals surface area contributed by atoms with Crippen molar-refractivity contribution in [1.82, 2.24) is 4.57 Å². The lowest BCUT2D eigenvalue weighted by Gasteiger charge is -2.00. The molecule has 2 heteroatoms. The van der Waals surface area contributed by atoms with Gasteiger partial charge in [0.25, 0.3) is 0 Å². The van der Waals surface area contributed by atoms with E-state index in [-0.39, 0.29) is 0 Å². The highest BCUT2D eigenvalue weighted by molar-refractivity contribution is 5.22. The Labute approximate surface area is 66.1 Å². The monoisotopic (exact) mass is 146 g/mol. The average molecular weight is 146 g/mol. The van der Waals surface area contributed by atoms with Crippen molar-refractivity contribution in [2.45, 2.75) is 19.4 Å². The van der Waals surface area contributed by atoms with Gasteiger partial charge in [0.15, 0.2) is 0 Å². The molecular formula is C9H10N2. The molecule has 1 aliphatic rings. The molecule has 11 heavy (non-hydrogen) atoms. The van der Waals surface area contributed by atoms with E-state index < -0.39 is 0 Å². The molecule has 1 heterocycles. The molecule has 1 aliphatic carbocycles. The molecule has 0 radical (unpaired) electrons. The number of rotatable bonds is 2. The molecule has 56 valence electrons. The second-order valence-corrected chi connectivity index (χ2v) is 3.10. The minimum Gasteiger partial charge on any atom is -0.339 e. The maximum Gasteiger partial charge on any atom is 0.120 e. The van der Waals surface area contributed by atoms with Crippen molar-refractivity contribution >= 4 is 0 Å². The van der Waals surface area contributed by atoms with Crippen molar-refractivity contribution < 1.29 is 0 Å². The Morgan fingerprint density at radius 3 is 3.09 bits per heavy atom. The van der Waals surface area contributed by atoms with Crippen LogP contribution in [0.5, 0.6) is 0 Å². The molecule has 0 saturated heterocycles. The molecule has 2 nitrogen and oxygen atoms in total. The van der Waals surface area contributed by atoms with Crippen LogP contribution in [0.15, 0.2) is 18.3 Å². The Bertz CT molecular complexity index is 289. The molecule has 0 N–H and O–H groups in total. The summed E-state index contributed by atoms with van der Waals surface area (Å²) in [5.74, 6) is 0.842. The van der Waals surface area contributed by atoms with Crippen LogP contribution in [0.25, 0.3) is 0 Å². The van der Waals surface area contributed by atoms with Gasteiger partial charge in [0, 0.05) is 12.7 Å². The highest BCUT2D eigenvalue weighted by Gasteiger charge is 2.21. The molecule has 0 aromatic carbocycles. The lowest BCUT2D eigenvalue weighted by Crippen LogP contribution is -1.99. The highest BCUT2D eigenvalue weighted by atomic mass is 15.0. The third-order valence-electron chi connectivity index (χ3n) is 2.10. The van der Waals surface area contributed by atoms with Gasteiger partial charge in [0.05, 0.1) is 0 Å². The summed E-state index contributed by atoms with van der Waals surface area (Å²) in [4.78, 5) is 0. The number of nitriles is 1. The first kappa shape index (κ1) is 6.48. The summed E-state index contributed by atoms with van der Waals surface area (Å²) in [6.45, 7) is 1.04. The highest BCUT2D eigenvalue weighted by Crippen LogP contribution is 2.30. The summed E-state index contributed by atoms with van der Waals surface area (Å²) in [5, 5.41) is 8.67. The van der Waals surface area contributed by atoms with E-state index in [0.717, 1.165) is 18.2 Å². The van der Waals surface area contributed by atoms with Crippen LogP contribution in [0.2, 0.25) is 0 Å². The normalized spacial score (nSPS) is 16.3. The first-order chi connectivity index (χ1) is 5.40. The van der Waals surface area contributed by atoms with Crippen LogP contribution in [0, 0.1) is 17.2 Å². The van der Waals surface area contributed by atoms with Gasteiger partial charge in [0.1, 0.15) is 11.8 Å². The summed E-state index contributed by atoms with van der Waals surface area (Å²) in [6.07, 6.45) is 4.66. The molecule has 1 aromatic heterocycles. The lowest BCUT2D eigenvalue weighted by atomic mass is 10.4. The zero-order valence-electron chi connectivity index (χ0n) is 6.33. The molecule has 2 rings (SSSR count). The van der Waals surface area contributed by atoms with Crippen LogP contribution in [0.1, 0.15) is 18.5 Å². The van der Waals surface area contributed by atoms with Gasteiger partial charge in [-0.15, -0.1) is 0 Å². The molecule has 0 spiro atoms. The first-order valence-corrected chi connectivity index (χ1v) is 3.95. The van der Waals surface area contributed by atoms with E-state index >= 15 is 0 Å². The van der Waals surface area contributed by atoms with Gasteiger partial charge in [-0.2, -0.15) is 5.26 Å². The van der Waals surface area contributed by atoms with Crippen molar-refractivity contribution in [2.75, 3.05) is 0 Å². The quantitative estimate of drug-likeness (QED) is 0.625. The molecular weight excluding hydrogens is 136 g/mol. The third kappa shape index (κ3) is 1.27. The van der Waals surface area contributed by atoms with Crippen LogP contribution in [-0.4, -0.2) is 4.57 Å². The molecule has 0 atom stereocenters. The van der Waals surface area contributed by atoms with Crippen molar-refractivity contribution in [3.05, 3.63) is 24.0 Å². The molecule has 0 unspecified atom stereocenters. The van der Waals surface area contributed by atoms with Gasteiger partial charge < -0.3 is 4.57 Å². The van der Waals surface area contributed by atoms with Gasteiger partial charge >= 0.3 is 0 Å². The summed E-state index contributed by atoms with van der Waals surface area (Å²) in [6, 6.07) is 5.97. The van der Waals surface area contributed by atoms with Crippen molar-refractivity contribution in [3.8, 4) is 6.07 Å². The summed E-state index contributed by atoms with van der Waals surface area (Å²) in [5.41, 5.74) is 0.789. The number of aromatic nitrogens is 1. The SMILES string of the molecule is N#Cc1cccn1CC1CC1. The van der Waals surface area contributed by atoms with Crippen molar-refractivity contribution in [2.24, 2.45) is 5.92 Å².